The highest BCUT2D eigenvalue weighted by molar-refractivity contribution is 7.21. The molecule has 3 N–H and O–H groups in total. The number of thiazole rings is 1. The summed E-state index contributed by atoms with van der Waals surface area (Å²) in [6.07, 6.45) is 1.64. The van der Waals surface area contributed by atoms with Crippen molar-refractivity contribution in [3.63, 3.8) is 0 Å². The summed E-state index contributed by atoms with van der Waals surface area (Å²) < 4.78 is 5.41. The zero-order valence-corrected chi connectivity index (χ0v) is 12.1. The average Bonchev–Trinajstić information content (AvgIpc) is 3.16. The number of anilines is 2. The SMILES string of the molecule is Nc1nc(N2CCNCC2)c2nc(-c3ccco3)sc2n1. The van der Waals surface area contributed by atoms with E-state index in [0.29, 0.717) is 0 Å². The van der Waals surface area contributed by atoms with Crippen LogP contribution in [-0.2, 0) is 0 Å². The number of hydrogen-bond donors (Lipinski definition) is 2. The summed E-state index contributed by atoms with van der Waals surface area (Å²) >= 11 is 1.47. The molecule has 0 radical (unpaired) electrons. The van der Waals surface area contributed by atoms with Gasteiger partial charge in [0.1, 0.15) is 5.52 Å². The lowest BCUT2D eigenvalue weighted by molar-refractivity contribution is 0.581. The number of aromatic nitrogens is 3. The topological polar surface area (TPSA) is 93.1 Å². The molecule has 1 fully saturated rings. The van der Waals surface area contributed by atoms with Gasteiger partial charge in [-0.15, -0.1) is 0 Å². The lowest BCUT2D eigenvalue weighted by Crippen LogP contribution is -2.44. The van der Waals surface area contributed by atoms with E-state index in [2.05, 4.69) is 25.2 Å². The van der Waals surface area contributed by atoms with E-state index in [9.17, 15) is 0 Å². The van der Waals surface area contributed by atoms with Gasteiger partial charge < -0.3 is 20.4 Å². The van der Waals surface area contributed by atoms with Crippen molar-refractivity contribution in [2.24, 2.45) is 0 Å². The minimum atomic E-state index is 0.283. The Hall–Kier alpha value is -2.19. The fourth-order valence-electron chi connectivity index (χ4n) is 2.43. The van der Waals surface area contributed by atoms with E-state index in [4.69, 9.17) is 10.2 Å². The summed E-state index contributed by atoms with van der Waals surface area (Å²) in [6, 6.07) is 3.73. The molecule has 1 aliphatic heterocycles. The zero-order valence-electron chi connectivity index (χ0n) is 11.2. The largest absolute Gasteiger partial charge is 0.462 e. The maximum atomic E-state index is 5.85. The van der Waals surface area contributed by atoms with Crippen LogP contribution in [0.4, 0.5) is 11.8 Å². The molecule has 0 atom stereocenters. The molecule has 0 amide bonds. The number of nitrogens with zero attached hydrogens (tertiary/aromatic N) is 4. The van der Waals surface area contributed by atoms with Crippen LogP contribution < -0.4 is 16.0 Å². The monoisotopic (exact) mass is 302 g/mol. The van der Waals surface area contributed by atoms with E-state index < -0.39 is 0 Å². The Bertz CT molecular complexity index is 762. The fraction of sp³-hybridized carbons (Fsp3) is 0.308. The first kappa shape index (κ1) is 12.5. The van der Waals surface area contributed by atoms with Crippen molar-refractivity contribution in [1.29, 1.82) is 0 Å². The van der Waals surface area contributed by atoms with Crippen LogP contribution in [-0.4, -0.2) is 41.1 Å². The van der Waals surface area contributed by atoms with Gasteiger partial charge in [-0.1, -0.05) is 11.3 Å². The zero-order chi connectivity index (χ0) is 14.2. The van der Waals surface area contributed by atoms with E-state index >= 15 is 0 Å². The summed E-state index contributed by atoms with van der Waals surface area (Å²) in [6.45, 7) is 3.64. The Kier molecular flexibility index (Phi) is 2.97. The van der Waals surface area contributed by atoms with Gasteiger partial charge >= 0.3 is 0 Å². The highest BCUT2D eigenvalue weighted by Crippen LogP contribution is 2.33. The van der Waals surface area contributed by atoms with Crippen molar-refractivity contribution in [1.82, 2.24) is 20.3 Å². The Balaban J connectivity index is 1.85. The van der Waals surface area contributed by atoms with Crippen molar-refractivity contribution in [2.45, 2.75) is 0 Å². The van der Waals surface area contributed by atoms with Gasteiger partial charge in [0.2, 0.25) is 5.95 Å². The maximum Gasteiger partial charge on any atom is 0.223 e. The van der Waals surface area contributed by atoms with Crippen molar-refractivity contribution < 1.29 is 4.42 Å². The average molecular weight is 302 g/mol. The van der Waals surface area contributed by atoms with Gasteiger partial charge in [-0.3, -0.25) is 0 Å². The second kappa shape index (κ2) is 4.97. The van der Waals surface area contributed by atoms with Crippen LogP contribution in [0.3, 0.4) is 0 Å². The summed E-state index contributed by atoms with van der Waals surface area (Å²) in [7, 11) is 0. The van der Waals surface area contributed by atoms with Crippen molar-refractivity contribution in [2.75, 3.05) is 36.8 Å². The number of piperazine rings is 1. The molecule has 0 bridgehead atoms. The molecule has 1 aliphatic rings. The van der Waals surface area contributed by atoms with Gasteiger partial charge in [-0.05, 0) is 12.1 Å². The standard InChI is InChI=1S/C13H14N6OS/c14-13-17-10(19-5-3-15-4-6-19)9-12(18-13)21-11(16-9)8-2-1-7-20-8/h1-2,7,15H,3-6H2,(H2,14,17,18). The highest BCUT2D eigenvalue weighted by atomic mass is 32.1. The van der Waals surface area contributed by atoms with Gasteiger partial charge in [-0.25, -0.2) is 9.97 Å². The molecular weight excluding hydrogens is 288 g/mol. The van der Waals surface area contributed by atoms with Gasteiger partial charge in [0.05, 0.1) is 6.26 Å². The molecule has 3 aromatic rings. The van der Waals surface area contributed by atoms with Gasteiger partial charge in [0, 0.05) is 26.2 Å². The van der Waals surface area contributed by atoms with E-state index in [1.165, 1.54) is 11.3 Å². The third-order valence-corrected chi connectivity index (χ3v) is 4.37. The van der Waals surface area contributed by atoms with Crippen LogP contribution >= 0.6 is 11.3 Å². The number of fused-ring (bicyclic) bond motifs is 1. The number of nitrogens with one attached hydrogen (secondary N) is 1. The highest BCUT2D eigenvalue weighted by Gasteiger charge is 2.20. The van der Waals surface area contributed by atoms with Crippen LogP contribution in [0.1, 0.15) is 0 Å². The fourth-order valence-corrected chi connectivity index (χ4v) is 3.34. The number of nitrogens with two attached hydrogens (primary N) is 1. The number of rotatable bonds is 2. The number of nitrogen functional groups attached to an aromatic ring is 1. The third-order valence-electron chi connectivity index (χ3n) is 3.41. The first-order valence-corrected chi connectivity index (χ1v) is 7.56. The van der Waals surface area contributed by atoms with Crippen molar-refractivity contribution in [3.8, 4) is 10.8 Å². The Morgan fingerprint density at radius 1 is 1.24 bits per heavy atom. The number of hydrogen-bond acceptors (Lipinski definition) is 8. The summed E-state index contributed by atoms with van der Waals surface area (Å²) in [5.74, 6) is 1.83. The summed E-state index contributed by atoms with van der Waals surface area (Å²) in [5, 5.41) is 4.12. The second-order valence-corrected chi connectivity index (χ2v) is 5.77. The van der Waals surface area contributed by atoms with Crippen LogP contribution in [0.25, 0.3) is 21.1 Å². The lowest BCUT2D eigenvalue weighted by atomic mass is 10.3. The minimum absolute atomic E-state index is 0.283. The predicted molar refractivity (Wildman–Crippen MR) is 82.4 cm³/mol. The van der Waals surface area contributed by atoms with Crippen LogP contribution in [0.2, 0.25) is 0 Å². The lowest BCUT2D eigenvalue weighted by Gasteiger charge is -2.28. The van der Waals surface area contributed by atoms with E-state index in [0.717, 1.165) is 53.1 Å². The molecule has 3 aromatic heterocycles. The van der Waals surface area contributed by atoms with Crippen LogP contribution in [0.15, 0.2) is 22.8 Å². The maximum absolute atomic E-state index is 5.85. The van der Waals surface area contributed by atoms with Crippen LogP contribution in [0, 0.1) is 0 Å². The molecule has 4 heterocycles. The molecule has 0 unspecified atom stereocenters. The molecule has 1 saturated heterocycles. The smallest absolute Gasteiger partial charge is 0.223 e. The van der Waals surface area contributed by atoms with E-state index in [1.807, 2.05) is 12.1 Å². The Labute approximate surface area is 124 Å². The van der Waals surface area contributed by atoms with Gasteiger partial charge in [0.15, 0.2) is 21.4 Å². The van der Waals surface area contributed by atoms with Gasteiger partial charge in [0.25, 0.3) is 0 Å². The summed E-state index contributed by atoms with van der Waals surface area (Å²) in [4.78, 5) is 16.3. The molecule has 8 heteroatoms. The van der Waals surface area contributed by atoms with E-state index in [-0.39, 0.29) is 5.95 Å². The molecule has 0 spiro atoms. The van der Waals surface area contributed by atoms with Crippen LogP contribution in [0.5, 0.6) is 0 Å². The van der Waals surface area contributed by atoms with Crippen molar-refractivity contribution >= 4 is 33.5 Å². The second-order valence-electron chi connectivity index (χ2n) is 4.79. The molecular formula is C13H14N6OS. The third kappa shape index (κ3) is 2.22. The predicted octanol–water partition coefficient (Wildman–Crippen LogP) is 1.34. The first-order chi connectivity index (χ1) is 10.3. The van der Waals surface area contributed by atoms with Crippen molar-refractivity contribution in [3.05, 3.63) is 18.4 Å². The molecule has 4 rings (SSSR count). The molecule has 0 aromatic carbocycles. The molecule has 108 valence electrons. The van der Waals surface area contributed by atoms with Gasteiger partial charge in [-0.2, -0.15) is 4.98 Å². The minimum Gasteiger partial charge on any atom is -0.462 e. The first-order valence-electron chi connectivity index (χ1n) is 6.75. The molecule has 7 nitrogen and oxygen atoms in total. The molecule has 21 heavy (non-hydrogen) atoms. The van der Waals surface area contributed by atoms with E-state index in [1.54, 1.807) is 6.26 Å². The number of furan rings is 1. The quantitative estimate of drug-likeness (QED) is 0.737. The normalized spacial score (nSPS) is 15.7. The molecule has 0 aliphatic carbocycles. The molecule has 0 saturated carbocycles. The Morgan fingerprint density at radius 2 is 2.10 bits per heavy atom. The summed E-state index contributed by atoms with van der Waals surface area (Å²) in [5.41, 5.74) is 6.64. The Morgan fingerprint density at radius 3 is 2.86 bits per heavy atom.